The van der Waals surface area contributed by atoms with E-state index >= 15 is 0 Å². The number of carbonyl (C=O) groups is 3. The van der Waals surface area contributed by atoms with E-state index in [1.54, 1.807) is 0 Å². The van der Waals surface area contributed by atoms with Crippen LogP contribution in [-0.2, 0) is 0 Å². The van der Waals surface area contributed by atoms with Crippen molar-refractivity contribution in [1.82, 2.24) is 4.90 Å². The van der Waals surface area contributed by atoms with Crippen molar-refractivity contribution in [3.8, 4) is 5.75 Å². The minimum absolute atomic E-state index is 0.0198. The number of fused-ring (bicyclic) bond motifs is 1. The van der Waals surface area contributed by atoms with E-state index in [-0.39, 0.29) is 65.6 Å². The number of hydrogen-bond donors (Lipinski definition) is 3. The van der Waals surface area contributed by atoms with Crippen LogP contribution in [0.25, 0.3) is 6.08 Å². The van der Waals surface area contributed by atoms with Gasteiger partial charge in [-0.3, -0.25) is 20.3 Å². The molecule has 4 N–H and O–H groups in total. The van der Waals surface area contributed by atoms with Crippen LogP contribution in [0.2, 0.25) is 0 Å². The van der Waals surface area contributed by atoms with Crippen LogP contribution in [-0.4, -0.2) is 53.2 Å². The number of carbonyl (C=O) groups excluding carboxylic acids is 3. The van der Waals surface area contributed by atoms with Crippen LogP contribution >= 0.6 is 11.3 Å². The predicted molar refractivity (Wildman–Crippen MR) is 124 cm³/mol. The van der Waals surface area contributed by atoms with Crippen molar-refractivity contribution in [2.45, 2.75) is 31.0 Å². The SMILES string of the molecule is N=C(/C=C\c1csc(NC(N)=O)c1C(=O)N1CCC2(CC1)CC(=O)c1cc(F)ccc1O2)C(F)(F)F. The Morgan fingerprint density at radius 3 is 2.58 bits per heavy atom. The van der Waals surface area contributed by atoms with Crippen molar-refractivity contribution in [3.05, 3.63) is 52.2 Å². The second-order valence-electron chi connectivity index (χ2n) is 8.45. The smallest absolute Gasteiger partial charge is 0.432 e. The summed E-state index contributed by atoms with van der Waals surface area (Å²) in [5, 5.41) is 10.9. The maximum atomic E-state index is 13.5. The number of nitrogens with one attached hydrogen (secondary N) is 2. The standard InChI is InChI=1S/C23H20F4N4O4S/c24-13-2-3-16-14(9-13)15(32)10-22(35-16)5-7-31(8-6-22)20(33)18-12(1-4-17(28)23(25,26)27)11-36-19(18)30-21(29)34/h1-4,9,11,28H,5-8,10H2,(H3,29,30,34)/b4-1-,28-17?. The van der Waals surface area contributed by atoms with E-state index in [2.05, 4.69) is 5.32 Å². The number of likely N-dealkylation sites (tertiary alicyclic amines) is 1. The number of anilines is 1. The Kier molecular flexibility index (Phi) is 6.60. The summed E-state index contributed by atoms with van der Waals surface area (Å²) in [7, 11) is 0. The highest BCUT2D eigenvalue weighted by molar-refractivity contribution is 7.15. The molecule has 0 bridgehead atoms. The van der Waals surface area contributed by atoms with Gasteiger partial charge in [0.05, 0.1) is 17.5 Å². The van der Waals surface area contributed by atoms with Gasteiger partial charge in [0, 0.05) is 36.9 Å². The molecule has 36 heavy (non-hydrogen) atoms. The maximum Gasteiger partial charge on any atom is 0.432 e. The van der Waals surface area contributed by atoms with E-state index in [1.807, 2.05) is 0 Å². The highest BCUT2D eigenvalue weighted by Crippen LogP contribution is 2.40. The van der Waals surface area contributed by atoms with Crippen molar-refractivity contribution < 1.29 is 36.7 Å². The van der Waals surface area contributed by atoms with E-state index in [1.165, 1.54) is 22.4 Å². The molecule has 1 aromatic carbocycles. The number of primary amides is 1. The number of nitrogens with zero attached hydrogens (tertiary/aromatic N) is 1. The fourth-order valence-corrected chi connectivity index (χ4v) is 5.13. The Balaban J connectivity index is 1.54. The van der Waals surface area contributed by atoms with Gasteiger partial charge in [-0.05, 0) is 24.3 Å². The molecular formula is C23H20F4N4O4S. The quantitative estimate of drug-likeness (QED) is 0.399. The number of allylic oxidation sites excluding steroid dienone is 1. The molecule has 1 aromatic heterocycles. The average Bonchev–Trinajstić information content (AvgIpc) is 3.19. The Bertz CT molecular complexity index is 1280. The summed E-state index contributed by atoms with van der Waals surface area (Å²) in [6.45, 7) is 0.325. The van der Waals surface area contributed by atoms with Crippen LogP contribution in [0.15, 0.2) is 29.7 Å². The van der Waals surface area contributed by atoms with Crippen LogP contribution in [0, 0.1) is 11.2 Å². The summed E-state index contributed by atoms with van der Waals surface area (Å²) >= 11 is 0.909. The molecule has 3 heterocycles. The molecule has 8 nitrogen and oxygen atoms in total. The Hall–Kier alpha value is -3.74. The first kappa shape index (κ1) is 25.4. The molecule has 0 aliphatic carbocycles. The number of piperidine rings is 1. The first-order valence-electron chi connectivity index (χ1n) is 10.7. The highest BCUT2D eigenvalue weighted by atomic mass is 32.1. The average molecular weight is 524 g/mol. The molecule has 1 spiro atoms. The number of ether oxygens (including phenoxy) is 1. The Morgan fingerprint density at radius 1 is 1.25 bits per heavy atom. The number of amides is 3. The van der Waals surface area contributed by atoms with Crippen molar-refractivity contribution in [2.75, 3.05) is 18.4 Å². The van der Waals surface area contributed by atoms with Gasteiger partial charge < -0.3 is 15.4 Å². The molecule has 0 atom stereocenters. The number of ketones is 1. The Morgan fingerprint density at radius 2 is 1.94 bits per heavy atom. The fraction of sp³-hybridized carbons (Fsp3) is 0.304. The molecule has 2 aliphatic heterocycles. The van der Waals surface area contributed by atoms with Gasteiger partial charge in [0.1, 0.15) is 27.9 Å². The van der Waals surface area contributed by atoms with Crippen LogP contribution in [0.3, 0.4) is 0 Å². The predicted octanol–water partition coefficient (Wildman–Crippen LogP) is 4.61. The van der Waals surface area contributed by atoms with E-state index in [0.29, 0.717) is 6.08 Å². The third-order valence-corrected chi connectivity index (χ3v) is 6.93. The summed E-state index contributed by atoms with van der Waals surface area (Å²) in [5.41, 5.74) is 2.90. The van der Waals surface area contributed by atoms with Gasteiger partial charge in [-0.15, -0.1) is 11.3 Å². The third kappa shape index (κ3) is 5.10. The number of benzene rings is 1. The molecule has 0 saturated carbocycles. The number of alkyl halides is 3. The maximum absolute atomic E-state index is 13.5. The minimum atomic E-state index is -4.85. The molecule has 0 radical (unpaired) electrons. The van der Waals surface area contributed by atoms with Gasteiger partial charge in [-0.25, -0.2) is 9.18 Å². The van der Waals surface area contributed by atoms with Crippen molar-refractivity contribution in [2.24, 2.45) is 5.73 Å². The highest BCUT2D eigenvalue weighted by Gasteiger charge is 2.44. The van der Waals surface area contributed by atoms with Gasteiger partial charge >= 0.3 is 12.2 Å². The lowest BCUT2D eigenvalue weighted by atomic mass is 9.82. The number of rotatable bonds is 4. The van der Waals surface area contributed by atoms with Gasteiger partial charge in [0.2, 0.25) is 0 Å². The molecule has 2 aliphatic rings. The molecular weight excluding hydrogens is 504 g/mol. The normalized spacial score (nSPS) is 17.1. The summed E-state index contributed by atoms with van der Waals surface area (Å²) in [4.78, 5) is 38.8. The van der Waals surface area contributed by atoms with Crippen molar-refractivity contribution in [3.63, 3.8) is 0 Å². The molecule has 190 valence electrons. The summed E-state index contributed by atoms with van der Waals surface area (Å²) < 4.78 is 57.7. The molecule has 1 saturated heterocycles. The van der Waals surface area contributed by atoms with Crippen LogP contribution in [0.4, 0.5) is 27.4 Å². The summed E-state index contributed by atoms with van der Waals surface area (Å²) in [6, 6.07) is 2.76. The zero-order valence-electron chi connectivity index (χ0n) is 18.6. The summed E-state index contributed by atoms with van der Waals surface area (Å²) in [5.74, 6) is -1.09. The lowest BCUT2D eigenvalue weighted by molar-refractivity contribution is -0.0583. The van der Waals surface area contributed by atoms with Crippen molar-refractivity contribution >= 4 is 45.8 Å². The fourth-order valence-electron chi connectivity index (χ4n) is 4.21. The molecule has 4 rings (SSSR count). The molecule has 2 aromatic rings. The Labute approximate surface area is 206 Å². The summed E-state index contributed by atoms with van der Waals surface area (Å²) in [6.07, 6.45) is -2.75. The van der Waals surface area contributed by atoms with Crippen molar-refractivity contribution in [1.29, 1.82) is 5.41 Å². The number of urea groups is 1. The van der Waals surface area contributed by atoms with Gasteiger partial charge in [0.15, 0.2) is 5.78 Å². The van der Waals surface area contributed by atoms with Crippen LogP contribution < -0.4 is 15.8 Å². The number of nitrogens with two attached hydrogens (primary N) is 1. The number of Topliss-reactive ketones (excluding diaryl/α,β-unsaturated/α-hetero) is 1. The number of halogens is 4. The lowest BCUT2D eigenvalue weighted by Crippen LogP contribution is -2.52. The minimum Gasteiger partial charge on any atom is -0.486 e. The van der Waals surface area contributed by atoms with E-state index in [0.717, 1.165) is 23.5 Å². The zero-order valence-corrected chi connectivity index (χ0v) is 19.4. The molecule has 1 fully saturated rings. The van der Waals surface area contributed by atoms with Gasteiger partial charge in [-0.2, -0.15) is 13.2 Å². The first-order chi connectivity index (χ1) is 16.9. The van der Waals surface area contributed by atoms with E-state index in [9.17, 15) is 31.9 Å². The van der Waals surface area contributed by atoms with E-state index < -0.39 is 35.2 Å². The zero-order chi connectivity index (χ0) is 26.3. The van der Waals surface area contributed by atoms with Crippen LogP contribution in [0.1, 0.15) is 45.5 Å². The van der Waals surface area contributed by atoms with Gasteiger partial charge in [-0.1, -0.05) is 6.08 Å². The second-order valence-corrected chi connectivity index (χ2v) is 9.33. The number of thiophene rings is 1. The largest absolute Gasteiger partial charge is 0.486 e. The van der Waals surface area contributed by atoms with Crippen LogP contribution in [0.5, 0.6) is 5.75 Å². The van der Waals surface area contributed by atoms with Gasteiger partial charge in [0.25, 0.3) is 5.91 Å². The third-order valence-electron chi connectivity index (χ3n) is 6.02. The topological polar surface area (TPSA) is 126 Å². The second kappa shape index (κ2) is 9.37. The molecule has 3 amide bonds. The number of hydrogen-bond acceptors (Lipinski definition) is 6. The lowest BCUT2D eigenvalue weighted by Gasteiger charge is -2.44. The monoisotopic (exact) mass is 524 g/mol. The molecule has 13 heteroatoms. The first-order valence-corrected chi connectivity index (χ1v) is 11.6. The molecule has 0 unspecified atom stereocenters. The van der Waals surface area contributed by atoms with E-state index in [4.69, 9.17) is 15.9 Å².